The first-order valence-corrected chi connectivity index (χ1v) is 6.48. The third-order valence-corrected chi connectivity index (χ3v) is 3.63. The van der Waals surface area contributed by atoms with Gasteiger partial charge in [0.1, 0.15) is 6.07 Å². The molecule has 1 N–H and O–H groups in total. The van der Waals surface area contributed by atoms with E-state index in [1.165, 1.54) is 0 Å². The summed E-state index contributed by atoms with van der Waals surface area (Å²) < 4.78 is 6.29. The van der Waals surface area contributed by atoms with Gasteiger partial charge >= 0.3 is 0 Å². The highest BCUT2D eigenvalue weighted by Crippen LogP contribution is 2.28. The Morgan fingerprint density at radius 2 is 2.12 bits per heavy atom. The van der Waals surface area contributed by atoms with Gasteiger partial charge in [-0.2, -0.15) is 5.26 Å². The minimum atomic E-state index is 0.0255. The molecule has 0 saturated carbocycles. The second-order valence-electron chi connectivity index (χ2n) is 4.60. The van der Waals surface area contributed by atoms with Gasteiger partial charge in [0, 0.05) is 23.2 Å². The van der Waals surface area contributed by atoms with Crippen LogP contribution in [0.3, 0.4) is 0 Å². The zero-order chi connectivity index (χ0) is 12.3. The number of halogens is 1. The Morgan fingerprint density at radius 3 is 2.76 bits per heavy atom. The third kappa shape index (κ3) is 2.99. The lowest BCUT2D eigenvalue weighted by atomic mass is 9.92. The standard InChI is InChI=1S/C13H15BrN2O/c1-13(4-6-17-7-5-13)16-12-3-2-11(14)8-10(12)9-15/h2-3,8,16H,4-7H2,1H3. The lowest BCUT2D eigenvalue weighted by Crippen LogP contribution is -2.40. The Kier molecular flexibility index (Phi) is 3.70. The molecule has 1 fully saturated rings. The van der Waals surface area contributed by atoms with Crippen LogP contribution in [-0.4, -0.2) is 18.8 Å². The smallest absolute Gasteiger partial charge is 0.101 e. The predicted molar refractivity (Wildman–Crippen MR) is 70.9 cm³/mol. The Balaban J connectivity index is 2.20. The number of ether oxygens (including phenoxy) is 1. The Labute approximate surface area is 110 Å². The average molecular weight is 295 g/mol. The van der Waals surface area contributed by atoms with E-state index in [-0.39, 0.29) is 5.54 Å². The van der Waals surface area contributed by atoms with Crippen molar-refractivity contribution >= 4 is 21.6 Å². The SMILES string of the molecule is CC1(Nc2ccc(Br)cc2C#N)CCOCC1. The molecule has 4 heteroatoms. The lowest BCUT2D eigenvalue weighted by Gasteiger charge is -2.35. The third-order valence-electron chi connectivity index (χ3n) is 3.13. The molecule has 17 heavy (non-hydrogen) atoms. The minimum Gasteiger partial charge on any atom is -0.381 e. The van der Waals surface area contributed by atoms with E-state index in [0.717, 1.165) is 36.2 Å². The van der Waals surface area contributed by atoms with Gasteiger partial charge in [0.05, 0.1) is 11.3 Å². The monoisotopic (exact) mass is 294 g/mol. The molecule has 1 saturated heterocycles. The maximum absolute atomic E-state index is 9.12. The van der Waals surface area contributed by atoms with Crippen LogP contribution in [0, 0.1) is 11.3 Å². The van der Waals surface area contributed by atoms with Crippen molar-refractivity contribution in [1.29, 1.82) is 5.26 Å². The van der Waals surface area contributed by atoms with Gasteiger partial charge < -0.3 is 10.1 Å². The molecule has 1 aliphatic rings. The normalized spacial score (nSPS) is 18.4. The lowest BCUT2D eigenvalue weighted by molar-refractivity contribution is 0.0658. The number of rotatable bonds is 2. The molecule has 1 aromatic carbocycles. The number of anilines is 1. The van der Waals surface area contributed by atoms with Gasteiger partial charge in [-0.25, -0.2) is 0 Å². The summed E-state index contributed by atoms with van der Waals surface area (Å²) in [6.45, 7) is 3.74. The number of hydrogen-bond acceptors (Lipinski definition) is 3. The predicted octanol–water partition coefficient (Wildman–Crippen LogP) is 3.30. The van der Waals surface area contributed by atoms with Gasteiger partial charge in [-0.15, -0.1) is 0 Å². The summed E-state index contributed by atoms with van der Waals surface area (Å²) >= 11 is 3.38. The maximum atomic E-state index is 9.12. The minimum absolute atomic E-state index is 0.0255. The summed E-state index contributed by atoms with van der Waals surface area (Å²) in [5.74, 6) is 0. The van der Waals surface area contributed by atoms with E-state index in [4.69, 9.17) is 10.00 Å². The molecule has 0 spiro atoms. The Bertz CT molecular complexity index is 447. The van der Waals surface area contributed by atoms with Crippen LogP contribution in [-0.2, 0) is 4.74 Å². The van der Waals surface area contributed by atoms with Gasteiger partial charge in [-0.05, 0) is 38.0 Å². The van der Waals surface area contributed by atoms with Crippen LogP contribution in [0.2, 0.25) is 0 Å². The van der Waals surface area contributed by atoms with E-state index in [1.54, 1.807) is 0 Å². The molecule has 0 aliphatic carbocycles. The summed E-state index contributed by atoms with van der Waals surface area (Å²) in [6, 6.07) is 7.96. The van der Waals surface area contributed by atoms with Crippen molar-refractivity contribution in [2.24, 2.45) is 0 Å². The summed E-state index contributed by atoms with van der Waals surface area (Å²) in [4.78, 5) is 0. The van der Waals surface area contributed by atoms with Crippen LogP contribution in [0.15, 0.2) is 22.7 Å². The van der Waals surface area contributed by atoms with E-state index < -0.39 is 0 Å². The molecule has 2 rings (SSSR count). The average Bonchev–Trinajstić information content (AvgIpc) is 2.32. The van der Waals surface area contributed by atoms with Gasteiger partial charge in [-0.1, -0.05) is 15.9 Å². The second kappa shape index (κ2) is 5.07. The van der Waals surface area contributed by atoms with Gasteiger partial charge in [-0.3, -0.25) is 0 Å². The van der Waals surface area contributed by atoms with Crippen LogP contribution in [0.1, 0.15) is 25.3 Å². The van der Waals surface area contributed by atoms with Crippen molar-refractivity contribution in [2.75, 3.05) is 18.5 Å². The highest BCUT2D eigenvalue weighted by atomic mass is 79.9. The van der Waals surface area contributed by atoms with E-state index in [0.29, 0.717) is 5.56 Å². The number of nitriles is 1. The molecule has 0 radical (unpaired) electrons. The molecule has 1 aromatic rings. The number of nitrogens with one attached hydrogen (secondary N) is 1. The first-order chi connectivity index (χ1) is 8.13. The van der Waals surface area contributed by atoms with Crippen molar-refractivity contribution in [1.82, 2.24) is 0 Å². The topological polar surface area (TPSA) is 45.0 Å². The fourth-order valence-corrected chi connectivity index (χ4v) is 2.35. The fraction of sp³-hybridized carbons (Fsp3) is 0.462. The molecular weight excluding hydrogens is 280 g/mol. The Morgan fingerprint density at radius 1 is 1.41 bits per heavy atom. The van der Waals surface area contributed by atoms with Gasteiger partial charge in [0.25, 0.3) is 0 Å². The number of nitrogens with zero attached hydrogens (tertiary/aromatic N) is 1. The molecule has 0 bridgehead atoms. The fourth-order valence-electron chi connectivity index (χ4n) is 1.99. The van der Waals surface area contributed by atoms with Gasteiger partial charge in [0.2, 0.25) is 0 Å². The summed E-state index contributed by atoms with van der Waals surface area (Å²) in [7, 11) is 0. The zero-order valence-corrected chi connectivity index (χ0v) is 11.4. The summed E-state index contributed by atoms with van der Waals surface area (Å²) in [6.07, 6.45) is 1.93. The second-order valence-corrected chi connectivity index (χ2v) is 5.52. The molecule has 0 amide bonds. The molecule has 0 atom stereocenters. The number of hydrogen-bond donors (Lipinski definition) is 1. The van der Waals surface area contributed by atoms with Crippen molar-refractivity contribution in [3.05, 3.63) is 28.2 Å². The van der Waals surface area contributed by atoms with Crippen molar-refractivity contribution in [3.8, 4) is 6.07 Å². The molecule has 1 heterocycles. The summed E-state index contributed by atoms with van der Waals surface area (Å²) in [5.41, 5.74) is 1.60. The first-order valence-electron chi connectivity index (χ1n) is 5.69. The highest BCUT2D eigenvalue weighted by molar-refractivity contribution is 9.10. The molecule has 0 aromatic heterocycles. The molecule has 3 nitrogen and oxygen atoms in total. The van der Waals surface area contributed by atoms with Crippen LogP contribution < -0.4 is 5.32 Å². The quantitative estimate of drug-likeness (QED) is 0.910. The largest absolute Gasteiger partial charge is 0.381 e. The molecule has 90 valence electrons. The molecular formula is C13H15BrN2O. The summed E-state index contributed by atoms with van der Waals surface area (Å²) in [5, 5.41) is 12.6. The van der Waals surface area contributed by atoms with Crippen LogP contribution in [0.25, 0.3) is 0 Å². The van der Waals surface area contributed by atoms with E-state index in [9.17, 15) is 0 Å². The van der Waals surface area contributed by atoms with E-state index in [1.807, 2.05) is 18.2 Å². The van der Waals surface area contributed by atoms with Crippen LogP contribution >= 0.6 is 15.9 Å². The van der Waals surface area contributed by atoms with Crippen molar-refractivity contribution < 1.29 is 4.74 Å². The van der Waals surface area contributed by atoms with Crippen LogP contribution in [0.4, 0.5) is 5.69 Å². The zero-order valence-electron chi connectivity index (χ0n) is 9.79. The number of benzene rings is 1. The van der Waals surface area contributed by atoms with Crippen molar-refractivity contribution in [2.45, 2.75) is 25.3 Å². The van der Waals surface area contributed by atoms with E-state index >= 15 is 0 Å². The van der Waals surface area contributed by atoms with Crippen LogP contribution in [0.5, 0.6) is 0 Å². The van der Waals surface area contributed by atoms with E-state index in [2.05, 4.69) is 34.2 Å². The highest BCUT2D eigenvalue weighted by Gasteiger charge is 2.27. The molecule has 1 aliphatic heterocycles. The molecule has 0 unspecified atom stereocenters. The Hall–Kier alpha value is -1.05. The van der Waals surface area contributed by atoms with Gasteiger partial charge in [0.15, 0.2) is 0 Å². The van der Waals surface area contributed by atoms with Crippen molar-refractivity contribution in [3.63, 3.8) is 0 Å². The first kappa shape index (κ1) is 12.4. The maximum Gasteiger partial charge on any atom is 0.101 e.